The van der Waals surface area contributed by atoms with Gasteiger partial charge in [-0.15, -0.1) is 0 Å². The third-order valence-electron chi connectivity index (χ3n) is 25.8. The minimum Gasteiger partial charge on any atom is -0.395 e. The summed E-state index contributed by atoms with van der Waals surface area (Å²) in [4.78, 5) is 6.13. The molecule has 3 saturated heterocycles. The highest BCUT2D eigenvalue weighted by Crippen LogP contribution is 2.86. The van der Waals surface area contributed by atoms with E-state index in [0.717, 1.165) is 19.6 Å². The molecule has 2 spiro atoms. The Morgan fingerprint density at radius 3 is 0.618 bits per heavy atom. The SMILES string of the molecule is OCC1CN2CCN1C13c4c5c6c7c8c9c(c%10c%11c1c1c4c4c%12c5c5c6c6c8c8c%13c9c9c%10c%10c%11c%11c1c1c4c4c%12c%12c5c5c6c8c6c8c%13c9c9c%10c%10c%11c1c1c4c4c%12c5c6c5c8c9c%10c1c45)C723. The number of hydrogen-bond donors (Lipinski definition) is 1. The molecule has 3 heterocycles. The summed E-state index contributed by atoms with van der Waals surface area (Å²) in [7, 11) is 0. The molecule has 3 heteroatoms. The van der Waals surface area contributed by atoms with Crippen molar-refractivity contribution in [3.05, 3.63) is 22.3 Å². The van der Waals surface area contributed by atoms with Crippen LogP contribution in [0, 0.1) is 0 Å². The lowest BCUT2D eigenvalue weighted by atomic mass is 9.53. The fourth-order valence-corrected chi connectivity index (χ4v) is 26.0. The lowest BCUT2D eigenvalue weighted by molar-refractivity contribution is -0.166. The molecule has 0 amide bonds. The lowest BCUT2D eigenvalue weighted by Gasteiger charge is -2.71. The molecule has 7 aliphatic rings. The van der Waals surface area contributed by atoms with E-state index in [2.05, 4.69) is 9.80 Å². The van der Waals surface area contributed by atoms with Gasteiger partial charge >= 0.3 is 0 Å². The molecule has 0 radical (unpaired) electrons. The van der Waals surface area contributed by atoms with E-state index in [4.69, 9.17) is 0 Å². The molecule has 4 aliphatic carbocycles. The number of nitrogens with zero attached hydrogens (tertiary/aromatic N) is 2. The first-order valence-electron chi connectivity index (χ1n) is 25.8. The van der Waals surface area contributed by atoms with Crippen LogP contribution in [-0.2, 0) is 11.1 Å². The topological polar surface area (TPSA) is 26.7 Å². The molecule has 28 aromatic rings. The first-order chi connectivity index (χ1) is 33.9. The monoisotopic (exact) mass is 834 g/mol. The molecule has 0 aromatic heterocycles. The van der Waals surface area contributed by atoms with E-state index in [0.29, 0.717) is 0 Å². The summed E-state index contributed by atoms with van der Waals surface area (Å²) in [5, 5.41) is 101. The van der Waals surface area contributed by atoms with Crippen molar-refractivity contribution in [3.63, 3.8) is 0 Å². The van der Waals surface area contributed by atoms with Gasteiger partial charge in [0.05, 0.1) is 6.61 Å². The number of rotatable bonds is 1. The van der Waals surface area contributed by atoms with E-state index in [9.17, 15) is 5.11 Å². The normalized spacial score (nSPS) is 27.0. The Hall–Kier alpha value is -7.66. The first kappa shape index (κ1) is 24.9. The third-order valence-corrected chi connectivity index (χ3v) is 25.8. The fraction of sp³-hybridized carbons (Fsp3) is 0.108. The van der Waals surface area contributed by atoms with E-state index >= 15 is 0 Å². The van der Waals surface area contributed by atoms with Crippen LogP contribution in [-0.4, -0.2) is 47.2 Å². The molecule has 2 bridgehead atoms. The van der Waals surface area contributed by atoms with E-state index in [-0.39, 0.29) is 18.2 Å². The quantitative estimate of drug-likeness (QED) is 0.167. The maximum absolute atomic E-state index is 11.9. The number of piperazine rings is 3. The second kappa shape index (κ2) is 5.52. The van der Waals surface area contributed by atoms with Crippen LogP contribution < -0.4 is 0 Å². The van der Waals surface area contributed by atoms with Crippen molar-refractivity contribution in [3.8, 4) is 0 Å². The molecule has 3 nitrogen and oxygen atoms in total. The molecule has 0 saturated carbocycles. The van der Waals surface area contributed by atoms with Gasteiger partial charge in [-0.2, -0.15) is 0 Å². The van der Waals surface area contributed by atoms with Gasteiger partial charge in [0.25, 0.3) is 0 Å². The fourth-order valence-electron chi connectivity index (χ4n) is 26.0. The Morgan fingerprint density at radius 2 is 0.426 bits per heavy atom. The van der Waals surface area contributed by atoms with E-state index < -0.39 is 5.54 Å². The maximum atomic E-state index is 11.9. The Bertz CT molecular complexity index is 6950. The van der Waals surface area contributed by atoms with Crippen LogP contribution in [0.5, 0.6) is 0 Å². The largest absolute Gasteiger partial charge is 0.395 e. The summed E-state index contributed by atoms with van der Waals surface area (Å²) < 4.78 is 0. The van der Waals surface area contributed by atoms with Crippen LogP contribution in [0.2, 0.25) is 0 Å². The summed E-state index contributed by atoms with van der Waals surface area (Å²) in [6.45, 7) is 3.19. The summed E-state index contributed by atoms with van der Waals surface area (Å²) in [5.74, 6) is 0. The van der Waals surface area contributed by atoms with Crippen LogP contribution >= 0.6 is 0 Å². The minimum atomic E-state index is -0.428. The zero-order chi connectivity index (χ0) is 40.0. The smallest absolute Gasteiger partial charge is 0.102 e. The Kier molecular flexibility index (Phi) is 2.02. The maximum Gasteiger partial charge on any atom is 0.102 e. The highest BCUT2D eigenvalue weighted by Gasteiger charge is 2.77. The van der Waals surface area contributed by atoms with Crippen molar-refractivity contribution in [2.75, 3.05) is 26.2 Å². The predicted molar refractivity (Wildman–Crippen MR) is 283 cm³/mol. The summed E-state index contributed by atoms with van der Waals surface area (Å²) in [6, 6.07) is 0.0820. The lowest BCUT2D eigenvalue weighted by Crippen LogP contribution is -2.80. The van der Waals surface area contributed by atoms with Crippen LogP contribution in [0.25, 0.3) is 291 Å². The molecule has 3 atom stereocenters. The average Bonchev–Trinajstić information content (AvgIpc) is 4.24. The van der Waals surface area contributed by atoms with Gasteiger partial charge in [-0.05, 0) is 313 Å². The van der Waals surface area contributed by atoms with Crippen molar-refractivity contribution in [2.24, 2.45) is 0 Å². The van der Waals surface area contributed by atoms with Gasteiger partial charge in [0.15, 0.2) is 0 Å². The predicted octanol–water partition coefficient (Wildman–Crippen LogP) is 15.2. The van der Waals surface area contributed by atoms with Gasteiger partial charge < -0.3 is 5.11 Å². The van der Waals surface area contributed by atoms with E-state index in [1.165, 1.54) is 0 Å². The van der Waals surface area contributed by atoms with Gasteiger partial charge in [-0.1, -0.05) is 0 Å². The molecular weight excluding hydrogens is 825 g/mol. The molecule has 1 N–H and O–H groups in total. The summed E-state index contributed by atoms with van der Waals surface area (Å²) >= 11 is 0. The van der Waals surface area contributed by atoms with Crippen LogP contribution in [0.15, 0.2) is 0 Å². The van der Waals surface area contributed by atoms with Gasteiger partial charge in [-0.3, -0.25) is 9.80 Å². The highest BCUT2D eigenvalue weighted by atomic mass is 16.3. The Balaban J connectivity index is 1.22. The van der Waals surface area contributed by atoms with E-state index in [1.807, 2.05) is 0 Å². The zero-order valence-electron chi connectivity index (χ0n) is 34.7. The van der Waals surface area contributed by atoms with Crippen molar-refractivity contribution in [1.82, 2.24) is 9.80 Å². The van der Waals surface area contributed by atoms with Crippen molar-refractivity contribution in [2.45, 2.75) is 17.1 Å². The molecule has 35 rings (SSSR count). The number of hydrogen-bond acceptors (Lipinski definition) is 3. The van der Waals surface area contributed by atoms with Crippen LogP contribution in [0.1, 0.15) is 22.3 Å². The van der Waals surface area contributed by atoms with Gasteiger partial charge in [0, 0.05) is 25.7 Å². The highest BCUT2D eigenvalue weighted by molar-refractivity contribution is 6.82. The molecule has 3 fully saturated rings. The van der Waals surface area contributed by atoms with Crippen molar-refractivity contribution in [1.29, 1.82) is 0 Å². The van der Waals surface area contributed by atoms with Crippen molar-refractivity contribution < 1.29 is 5.11 Å². The van der Waals surface area contributed by atoms with E-state index in [1.54, 1.807) is 313 Å². The third kappa shape index (κ3) is 1.25. The van der Waals surface area contributed by atoms with Crippen molar-refractivity contribution >= 4 is 291 Å². The summed E-state index contributed by atoms with van der Waals surface area (Å²) in [6.07, 6.45) is 0. The number of aliphatic hydroxyl groups excluding tert-OH is 1. The number of fused-ring (bicyclic) bond motifs is 2. The second-order valence-corrected chi connectivity index (χ2v) is 25.6. The van der Waals surface area contributed by atoms with Crippen LogP contribution in [0.3, 0.4) is 0 Å². The van der Waals surface area contributed by atoms with Gasteiger partial charge in [0.1, 0.15) is 11.1 Å². The number of aliphatic hydroxyl groups is 1. The van der Waals surface area contributed by atoms with Crippen LogP contribution in [0.4, 0.5) is 0 Å². The van der Waals surface area contributed by atoms with Gasteiger partial charge in [-0.25, -0.2) is 0 Å². The Labute approximate surface area is 369 Å². The molecule has 3 unspecified atom stereocenters. The molecule has 286 valence electrons. The minimum absolute atomic E-state index is 0.0820. The number of benzene rings is 18. The summed E-state index contributed by atoms with van der Waals surface area (Å²) in [5.41, 5.74) is 6.01. The Morgan fingerprint density at radius 1 is 0.250 bits per heavy atom. The molecular formula is C65H10N2O. The zero-order valence-corrected chi connectivity index (χ0v) is 34.7. The van der Waals surface area contributed by atoms with Gasteiger partial charge in [0.2, 0.25) is 0 Å². The average molecular weight is 835 g/mol. The first-order valence-corrected chi connectivity index (χ1v) is 25.8. The molecule has 28 aromatic carbocycles. The standard InChI is InChI=1S/C65H10N2O/c68-4-5-3-66-1-2-67(5)65-62-56-50-40-32-22-14-10-7-6-8-12(14)20-28(22)42(50)48-38-30(20)24-16(8)17-9(6)13-15-11(7)19-18(10)26(32)36-37-27(19)33-23(15)29-21(13)31-25(17)35-34(24)44(38)52-53-45(35)39(31)49-43(29)51-41(33)47(37)59(58(62)46(36)40)63(65)57(51)55(49)61(53)64(65,66)60(52)54(48)56/h5,68H,1-4H2. The molecule has 3 aliphatic heterocycles. The molecule has 68 heavy (non-hydrogen) atoms. The second-order valence-electron chi connectivity index (χ2n) is 25.6.